The minimum absolute atomic E-state index is 0.557. The van der Waals surface area contributed by atoms with Gasteiger partial charge < -0.3 is 15.5 Å². The van der Waals surface area contributed by atoms with Crippen molar-refractivity contribution in [2.24, 2.45) is 4.99 Å². The second-order valence-corrected chi connectivity index (χ2v) is 9.83. The minimum Gasteiger partial charge on any atom is -0.357 e. The molecule has 2 heterocycles. The number of aliphatic imine (C=N–C) groups is 1. The lowest BCUT2D eigenvalue weighted by Gasteiger charge is -2.30. The summed E-state index contributed by atoms with van der Waals surface area (Å²) in [4.78, 5) is 12.0. The molecule has 2 aliphatic rings. The summed E-state index contributed by atoms with van der Waals surface area (Å²) in [5.41, 5.74) is 1.18. The summed E-state index contributed by atoms with van der Waals surface area (Å²) in [6.07, 6.45) is 8.73. The number of aromatic nitrogens is 1. The standard InChI is InChI=1S/C20H35N5S2/c1-3-21-19(23-16-8-7-9-18(14-16)26-4-2)22-11-10-17-15-27-20(24-17)25-12-5-6-13-25/h15-16,18H,3-14H2,1-2H3,(H2,21,22,23). The van der Waals surface area contributed by atoms with Crippen molar-refractivity contribution in [1.29, 1.82) is 0 Å². The molecule has 1 aliphatic heterocycles. The zero-order valence-corrected chi connectivity index (χ0v) is 18.5. The Morgan fingerprint density at radius 1 is 1.30 bits per heavy atom. The molecule has 27 heavy (non-hydrogen) atoms. The van der Waals surface area contributed by atoms with Gasteiger partial charge in [0.2, 0.25) is 0 Å². The number of thioether (sulfide) groups is 1. The van der Waals surface area contributed by atoms with Crippen molar-refractivity contribution in [3.63, 3.8) is 0 Å². The Labute approximate surface area is 172 Å². The maximum atomic E-state index is 4.82. The van der Waals surface area contributed by atoms with Crippen LogP contribution in [0.2, 0.25) is 0 Å². The van der Waals surface area contributed by atoms with Crippen LogP contribution >= 0.6 is 23.1 Å². The number of guanidine groups is 1. The van der Waals surface area contributed by atoms with E-state index in [1.165, 1.54) is 55.1 Å². The van der Waals surface area contributed by atoms with Crippen LogP contribution in [0.1, 0.15) is 58.1 Å². The molecule has 0 aromatic carbocycles. The van der Waals surface area contributed by atoms with Gasteiger partial charge in [-0.1, -0.05) is 13.3 Å². The summed E-state index contributed by atoms with van der Waals surface area (Å²) >= 11 is 3.89. The highest BCUT2D eigenvalue weighted by atomic mass is 32.2. The van der Waals surface area contributed by atoms with Gasteiger partial charge in [0.25, 0.3) is 0 Å². The van der Waals surface area contributed by atoms with Gasteiger partial charge in [0.1, 0.15) is 0 Å². The van der Waals surface area contributed by atoms with Crippen molar-refractivity contribution in [3.8, 4) is 0 Å². The number of hydrogen-bond acceptors (Lipinski definition) is 5. The minimum atomic E-state index is 0.557. The third-order valence-corrected chi connectivity index (χ3v) is 7.45. The van der Waals surface area contributed by atoms with E-state index in [1.54, 1.807) is 11.3 Å². The molecule has 0 spiro atoms. The number of thiazole rings is 1. The zero-order chi connectivity index (χ0) is 18.9. The smallest absolute Gasteiger partial charge is 0.191 e. The molecule has 1 aromatic rings. The second-order valence-electron chi connectivity index (χ2n) is 7.41. The maximum Gasteiger partial charge on any atom is 0.191 e. The quantitative estimate of drug-likeness (QED) is 0.504. The first kappa shape index (κ1) is 20.8. The van der Waals surface area contributed by atoms with Crippen molar-refractivity contribution in [1.82, 2.24) is 15.6 Å². The summed E-state index contributed by atoms with van der Waals surface area (Å²) in [6, 6.07) is 0.557. The molecule has 3 rings (SSSR count). The van der Waals surface area contributed by atoms with Crippen molar-refractivity contribution < 1.29 is 0 Å². The Hall–Kier alpha value is -0.950. The molecule has 0 bridgehead atoms. The van der Waals surface area contributed by atoms with Gasteiger partial charge in [0, 0.05) is 49.3 Å². The highest BCUT2D eigenvalue weighted by Crippen LogP contribution is 2.28. The predicted octanol–water partition coefficient (Wildman–Crippen LogP) is 3.91. The van der Waals surface area contributed by atoms with Gasteiger partial charge >= 0.3 is 0 Å². The van der Waals surface area contributed by atoms with Crippen molar-refractivity contribution in [2.75, 3.05) is 36.8 Å². The fraction of sp³-hybridized carbons (Fsp3) is 0.800. The van der Waals surface area contributed by atoms with E-state index in [0.29, 0.717) is 6.04 Å². The first-order chi connectivity index (χ1) is 13.3. The Morgan fingerprint density at radius 3 is 2.93 bits per heavy atom. The summed E-state index contributed by atoms with van der Waals surface area (Å²) in [5.74, 6) is 2.19. The van der Waals surface area contributed by atoms with E-state index in [2.05, 4.69) is 46.5 Å². The SMILES string of the molecule is CCNC(=NCCc1csc(N2CCCC2)n1)NC1CCCC(SCC)C1. The molecule has 1 aromatic heterocycles. The molecule has 152 valence electrons. The maximum absolute atomic E-state index is 4.82. The van der Waals surface area contributed by atoms with Gasteiger partial charge in [-0.15, -0.1) is 11.3 Å². The number of rotatable bonds is 8. The first-order valence-electron chi connectivity index (χ1n) is 10.6. The summed E-state index contributed by atoms with van der Waals surface area (Å²) in [6.45, 7) is 8.42. The lowest BCUT2D eigenvalue weighted by atomic mass is 9.95. The van der Waals surface area contributed by atoms with Gasteiger partial charge in [0.05, 0.1) is 5.69 Å². The van der Waals surface area contributed by atoms with Crippen LogP contribution in [0.3, 0.4) is 0 Å². The summed E-state index contributed by atoms with van der Waals surface area (Å²) in [7, 11) is 0. The molecular formula is C20H35N5S2. The molecule has 0 radical (unpaired) electrons. The van der Waals surface area contributed by atoms with Gasteiger partial charge in [-0.05, 0) is 44.8 Å². The average Bonchev–Trinajstić information content (AvgIpc) is 3.34. The Kier molecular flexibility index (Phi) is 8.58. The topological polar surface area (TPSA) is 52.6 Å². The van der Waals surface area contributed by atoms with Gasteiger partial charge in [-0.2, -0.15) is 11.8 Å². The zero-order valence-electron chi connectivity index (χ0n) is 16.9. The van der Waals surface area contributed by atoms with Crippen molar-refractivity contribution >= 4 is 34.2 Å². The van der Waals surface area contributed by atoms with E-state index in [9.17, 15) is 0 Å². The predicted molar refractivity (Wildman–Crippen MR) is 121 cm³/mol. The lowest BCUT2D eigenvalue weighted by Crippen LogP contribution is -2.45. The Balaban J connectivity index is 1.48. The van der Waals surface area contributed by atoms with Crippen LogP contribution in [0.4, 0.5) is 5.13 Å². The van der Waals surface area contributed by atoms with Crippen LogP contribution < -0.4 is 15.5 Å². The summed E-state index contributed by atoms with van der Waals surface area (Å²) in [5, 5.41) is 11.3. The Bertz CT molecular complexity index is 581. The van der Waals surface area contributed by atoms with Gasteiger partial charge in [-0.25, -0.2) is 4.98 Å². The molecular weight excluding hydrogens is 374 g/mol. The first-order valence-corrected chi connectivity index (χ1v) is 12.6. The molecule has 2 fully saturated rings. The van der Waals surface area contributed by atoms with Crippen LogP contribution in [-0.4, -0.2) is 54.2 Å². The van der Waals surface area contributed by atoms with E-state index < -0.39 is 0 Å². The summed E-state index contributed by atoms with van der Waals surface area (Å²) < 4.78 is 0. The molecule has 5 nitrogen and oxygen atoms in total. The van der Waals surface area contributed by atoms with Crippen molar-refractivity contribution in [2.45, 2.75) is 70.1 Å². The number of hydrogen-bond donors (Lipinski definition) is 2. The van der Waals surface area contributed by atoms with E-state index in [1.807, 2.05) is 0 Å². The third kappa shape index (κ3) is 6.56. The Morgan fingerprint density at radius 2 is 2.15 bits per heavy atom. The average molecular weight is 410 g/mol. The molecule has 0 amide bonds. The monoisotopic (exact) mass is 409 g/mol. The number of nitrogens with zero attached hydrogens (tertiary/aromatic N) is 3. The van der Waals surface area contributed by atoms with Crippen LogP contribution in [0, 0.1) is 0 Å². The number of anilines is 1. The third-order valence-electron chi connectivity index (χ3n) is 5.27. The van der Waals surface area contributed by atoms with E-state index in [0.717, 1.165) is 43.8 Å². The normalized spacial score (nSPS) is 23.6. The highest BCUT2D eigenvalue weighted by molar-refractivity contribution is 7.99. The lowest BCUT2D eigenvalue weighted by molar-refractivity contribution is 0.419. The van der Waals surface area contributed by atoms with Gasteiger partial charge in [-0.3, -0.25) is 4.99 Å². The molecule has 1 aliphatic carbocycles. The molecule has 2 atom stereocenters. The van der Waals surface area contributed by atoms with Gasteiger partial charge in [0.15, 0.2) is 11.1 Å². The van der Waals surface area contributed by atoms with Crippen LogP contribution in [0.15, 0.2) is 10.4 Å². The molecule has 2 unspecified atom stereocenters. The molecule has 7 heteroatoms. The van der Waals surface area contributed by atoms with Crippen LogP contribution in [-0.2, 0) is 6.42 Å². The largest absolute Gasteiger partial charge is 0.357 e. The fourth-order valence-corrected chi connectivity index (χ4v) is 6.01. The van der Waals surface area contributed by atoms with E-state index in [4.69, 9.17) is 9.98 Å². The van der Waals surface area contributed by atoms with E-state index in [-0.39, 0.29) is 0 Å². The molecule has 2 N–H and O–H groups in total. The number of nitrogens with one attached hydrogen (secondary N) is 2. The van der Waals surface area contributed by atoms with E-state index >= 15 is 0 Å². The second kappa shape index (κ2) is 11.1. The molecule has 1 saturated heterocycles. The van der Waals surface area contributed by atoms with Crippen LogP contribution in [0.25, 0.3) is 0 Å². The fourth-order valence-electron chi connectivity index (χ4n) is 3.92. The highest BCUT2D eigenvalue weighted by Gasteiger charge is 2.22. The molecule has 1 saturated carbocycles. The van der Waals surface area contributed by atoms with Crippen molar-refractivity contribution in [3.05, 3.63) is 11.1 Å². The van der Waals surface area contributed by atoms with Crippen LogP contribution in [0.5, 0.6) is 0 Å².